The second kappa shape index (κ2) is 7.09. The molecule has 3 aromatic rings. The van der Waals surface area contributed by atoms with Crippen LogP contribution >= 0.6 is 11.3 Å². The molecule has 0 N–H and O–H groups in total. The smallest absolute Gasteiger partial charge is 0.285 e. The number of nitrogens with zero attached hydrogens (tertiary/aromatic N) is 2. The van der Waals surface area contributed by atoms with Gasteiger partial charge in [-0.25, -0.2) is 0 Å². The maximum atomic E-state index is 12.7. The zero-order valence-corrected chi connectivity index (χ0v) is 16.5. The average Bonchev–Trinajstić information content (AvgIpc) is 2.93. The Morgan fingerprint density at radius 1 is 1.23 bits per heavy atom. The maximum Gasteiger partial charge on any atom is 0.285 e. The van der Waals surface area contributed by atoms with Crippen molar-refractivity contribution in [3.8, 4) is 5.75 Å². The third-order valence-electron chi connectivity index (χ3n) is 3.98. The van der Waals surface area contributed by atoms with Crippen molar-refractivity contribution in [1.29, 1.82) is 0 Å². The van der Waals surface area contributed by atoms with Crippen molar-refractivity contribution < 1.29 is 13.2 Å². The molecule has 0 unspecified atom stereocenters. The summed E-state index contributed by atoms with van der Waals surface area (Å²) in [5.41, 5.74) is 3.19. The normalized spacial score (nSPS) is 12.5. The number of hydrogen-bond acceptors (Lipinski definition) is 4. The number of allylic oxidation sites excluding steroid dienone is 1. The fourth-order valence-corrected chi connectivity index (χ4v) is 5.08. The highest BCUT2D eigenvalue weighted by atomic mass is 32.2. The zero-order valence-electron chi connectivity index (χ0n) is 14.9. The molecule has 1 heterocycles. The lowest BCUT2D eigenvalue weighted by molar-refractivity contribution is 0.414. The highest BCUT2D eigenvalue weighted by Gasteiger charge is 2.15. The predicted molar refractivity (Wildman–Crippen MR) is 105 cm³/mol. The molecule has 0 aliphatic heterocycles. The van der Waals surface area contributed by atoms with Gasteiger partial charge in [0.05, 0.1) is 22.2 Å². The molecule has 1 aromatic heterocycles. The van der Waals surface area contributed by atoms with Crippen LogP contribution in [0.15, 0.2) is 58.3 Å². The van der Waals surface area contributed by atoms with E-state index in [0.29, 0.717) is 17.1 Å². The van der Waals surface area contributed by atoms with Crippen LogP contribution in [0.2, 0.25) is 0 Å². The number of rotatable bonds is 5. The largest absolute Gasteiger partial charge is 0.497 e. The molecule has 0 radical (unpaired) electrons. The molecule has 0 saturated heterocycles. The van der Waals surface area contributed by atoms with Crippen molar-refractivity contribution >= 4 is 31.6 Å². The van der Waals surface area contributed by atoms with Gasteiger partial charge in [-0.2, -0.15) is 8.42 Å². The molecule has 3 rings (SSSR count). The highest BCUT2D eigenvalue weighted by molar-refractivity contribution is 7.90. The fourth-order valence-electron chi connectivity index (χ4n) is 2.79. The predicted octanol–water partition coefficient (Wildman–Crippen LogP) is 3.80. The Kier molecular flexibility index (Phi) is 5.02. The van der Waals surface area contributed by atoms with Gasteiger partial charge in [0.2, 0.25) is 4.80 Å². The first-order chi connectivity index (χ1) is 12.4. The molecule has 26 heavy (non-hydrogen) atoms. The SMILES string of the molecule is C=CCn1/c(=N/S(=O)(=O)c2ccc(OC)cc2)sc2c(C)cc(C)cc21. The zero-order chi connectivity index (χ0) is 18.9. The Morgan fingerprint density at radius 2 is 1.92 bits per heavy atom. The minimum atomic E-state index is -3.83. The van der Waals surface area contributed by atoms with Gasteiger partial charge in [-0.05, 0) is 55.3 Å². The van der Waals surface area contributed by atoms with E-state index in [1.54, 1.807) is 18.2 Å². The first-order valence-electron chi connectivity index (χ1n) is 8.02. The van der Waals surface area contributed by atoms with Crippen molar-refractivity contribution in [1.82, 2.24) is 4.57 Å². The topological polar surface area (TPSA) is 60.7 Å². The molecule has 0 spiro atoms. The van der Waals surface area contributed by atoms with Gasteiger partial charge in [-0.3, -0.25) is 0 Å². The summed E-state index contributed by atoms with van der Waals surface area (Å²) in [5.74, 6) is 0.596. The van der Waals surface area contributed by atoms with Crippen molar-refractivity contribution in [2.45, 2.75) is 25.3 Å². The molecule has 0 aliphatic carbocycles. The van der Waals surface area contributed by atoms with Crippen LogP contribution in [0.1, 0.15) is 11.1 Å². The van der Waals surface area contributed by atoms with Crippen LogP contribution < -0.4 is 9.54 Å². The molecule has 0 atom stereocenters. The van der Waals surface area contributed by atoms with Crippen molar-refractivity contribution in [3.05, 3.63) is 65.0 Å². The molecular weight excluding hydrogens is 368 g/mol. The minimum absolute atomic E-state index is 0.133. The Hall–Kier alpha value is -2.38. The summed E-state index contributed by atoms with van der Waals surface area (Å²) in [6.45, 7) is 8.31. The van der Waals surface area contributed by atoms with Gasteiger partial charge in [0.15, 0.2) is 0 Å². The fraction of sp³-hybridized carbons (Fsp3) is 0.211. The molecule has 0 fully saturated rings. The van der Waals surface area contributed by atoms with Gasteiger partial charge >= 0.3 is 0 Å². The summed E-state index contributed by atoms with van der Waals surface area (Å²) in [5, 5.41) is 0. The number of benzene rings is 2. The van der Waals surface area contributed by atoms with Crippen LogP contribution in [0, 0.1) is 13.8 Å². The second-order valence-corrected chi connectivity index (χ2v) is 8.54. The lowest BCUT2D eigenvalue weighted by Crippen LogP contribution is -2.16. The van der Waals surface area contributed by atoms with Crippen LogP contribution in [0.5, 0.6) is 5.75 Å². The van der Waals surface area contributed by atoms with Crippen LogP contribution in [-0.4, -0.2) is 20.1 Å². The molecule has 2 aromatic carbocycles. The van der Waals surface area contributed by atoms with Gasteiger partial charge in [0, 0.05) is 6.54 Å². The van der Waals surface area contributed by atoms with E-state index in [0.717, 1.165) is 21.3 Å². The summed E-state index contributed by atoms with van der Waals surface area (Å²) < 4.78 is 37.6. The summed E-state index contributed by atoms with van der Waals surface area (Å²) in [7, 11) is -2.29. The number of methoxy groups -OCH3 is 1. The number of ether oxygens (including phenoxy) is 1. The molecule has 0 bridgehead atoms. The molecule has 0 aliphatic rings. The van der Waals surface area contributed by atoms with Gasteiger partial charge in [-0.15, -0.1) is 11.0 Å². The number of aromatic nitrogens is 1. The Balaban J connectivity index is 2.23. The summed E-state index contributed by atoms with van der Waals surface area (Å²) >= 11 is 1.37. The van der Waals surface area contributed by atoms with Crippen LogP contribution in [-0.2, 0) is 16.6 Å². The van der Waals surface area contributed by atoms with E-state index in [4.69, 9.17) is 4.74 Å². The molecule has 0 amide bonds. The Bertz CT molecular complexity index is 1140. The molecule has 136 valence electrons. The molecule has 5 nitrogen and oxygen atoms in total. The molecular formula is C19H20N2O3S2. The van der Waals surface area contributed by atoms with E-state index < -0.39 is 10.0 Å². The first-order valence-corrected chi connectivity index (χ1v) is 10.3. The molecule has 7 heteroatoms. The van der Waals surface area contributed by atoms with Crippen LogP contribution in [0.25, 0.3) is 10.2 Å². The van der Waals surface area contributed by atoms with Crippen molar-refractivity contribution in [3.63, 3.8) is 0 Å². The average molecular weight is 389 g/mol. The lowest BCUT2D eigenvalue weighted by atomic mass is 10.1. The van der Waals surface area contributed by atoms with E-state index in [1.807, 2.05) is 24.5 Å². The van der Waals surface area contributed by atoms with Crippen LogP contribution in [0.4, 0.5) is 0 Å². The number of hydrogen-bond donors (Lipinski definition) is 0. The monoisotopic (exact) mass is 388 g/mol. The van der Waals surface area contributed by atoms with E-state index in [1.165, 1.54) is 30.6 Å². The minimum Gasteiger partial charge on any atom is -0.497 e. The number of thiazole rings is 1. The number of aryl methyl sites for hydroxylation is 2. The Labute approximate surface area is 157 Å². The number of fused-ring (bicyclic) bond motifs is 1. The first kappa shape index (κ1) is 18.4. The van der Waals surface area contributed by atoms with Crippen molar-refractivity contribution in [2.75, 3.05) is 7.11 Å². The third-order valence-corrected chi connectivity index (χ3v) is 6.61. The van der Waals surface area contributed by atoms with Crippen LogP contribution in [0.3, 0.4) is 0 Å². The number of sulfonamides is 1. The summed E-state index contributed by atoms with van der Waals surface area (Å²) in [4.78, 5) is 0.568. The van der Waals surface area contributed by atoms with Gasteiger partial charge in [-0.1, -0.05) is 23.5 Å². The van der Waals surface area contributed by atoms with E-state index in [2.05, 4.69) is 17.0 Å². The second-order valence-electron chi connectivity index (χ2n) is 5.96. The Morgan fingerprint density at radius 3 is 2.54 bits per heavy atom. The van der Waals surface area contributed by atoms with Gasteiger partial charge in [0.1, 0.15) is 5.75 Å². The van der Waals surface area contributed by atoms with Gasteiger partial charge in [0.25, 0.3) is 10.0 Å². The lowest BCUT2D eigenvalue weighted by Gasteiger charge is -2.04. The standard InChI is InChI=1S/C19H20N2O3S2/c1-5-10-21-17-12-13(2)11-14(3)18(17)25-19(21)20-26(22,23)16-8-6-15(24-4)7-9-16/h5-9,11-12H,1,10H2,2-4H3/b20-19-. The van der Waals surface area contributed by atoms with Gasteiger partial charge < -0.3 is 9.30 Å². The molecule has 0 saturated carbocycles. The summed E-state index contributed by atoms with van der Waals surface area (Å²) in [6, 6.07) is 10.3. The van der Waals surface area contributed by atoms with Crippen molar-refractivity contribution in [2.24, 2.45) is 4.40 Å². The van der Waals surface area contributed by atoms with E-state index in [9.17, 15) is 8.42 Å². The highest BCUT2D eigenvalue weighted by Crippen LogP contribution is 2.24. The summed E-state index contributed by atoms with van der Waals surface area (Å²) in [6.07, 6.45) is 1.74. The third kappa shape index (κ3) is 3.45. The van der Waals surface area contributed by atoms with E-state index in [-0.39, 0.29) is 4.90 Å². The quantitative estimate of drug-likeness (QED) is 0.625. The van der Waals surface area contributed by atoms with E-state index >= 15 is 0 Å². The maximum absolute atomic E-state index is 12.7.